The molecule has 1 aromatic rings. The average molecular weight is 281 g/mol. The first-order chi connectivity index (χ1) is 9.19. The van der Waals surface area contributed by atoms with Crippen LogP contribution in [0.1, 0.15) is 32.2 Å². The minimum absolute atomic E-state index is 0.0499. The van der Waals surface area contributed by atoms with Gasteiger partial charge in [0.15, 0.2) is 0 Å². The minimum atomic E-state index is -1.15. The van der Waals surface area contributed by atoms with Crippen molar-refractivity contribution < 1.29 is 19.4 Å². The third-order valence-electron chi connectivity index (χ3n) is 2.37. The Hall–Kier alpha value is -2.18. The molecule has 7 nitrogen and oxygen atoms in total. The van der Waals surface area contributed by atoms with E-state index in [0.29, 0.717) is 11.4 Å². The summed E-state index contributed by atoms with van der Waals surface area (Å²) >= 11 is 0. The fourth-order valence-corrected chi connectivity index (χ4v) is 1.48. The molecule has 0 aromatic carbocycles. The third kappa shape index (κ3) is 5.21. The second kappa shape index (κ2) is 6.31. The maximum absolute atomic E-state index is 11.6. The minimum Gasteiger partial charge on any atom is -0.480 e. The zero-order valence-corrected chi connectivity index (χ0v) is 12.0. The number of amides is 1. The highest BCUT2D eigenvalue weighted by Gasteiger charge is 2.25. The lowest BCUT2D eigenvalue weighted by molar-refractivity contribution is -0.139. The smallest absolute Gasteiger partial charge is 0.408 e. The predicted molar refractivity (Wildman–Crippen MR) is 71.3 cm³/mol. The van der Waals surface area contributed by atoms with Gasteiger partial charge in [0.1, 0.15) is 11.6 Å². The average Bonchev–Trinajstić information content (AvgIpc) is 2.28. The lowest BCUT2D eigenvalue weighted by atomic mass is 10.1. The summed E-state index contributed by atoms with van der Waals surface area (Å²) in [7, 11) is 0. The number of nitrogens with zero attached hydrogens (tertiary/aromatic N) is 2. The van der Waals surface area contributed by atoms with Crippen molar-refractivity contribution in [3.63, 3.8) is 0 Å². The van der Waals surface area contributed by atoms with E-state index in [-0.39, 0.29) is 6.42 Å². The van der Waals surface area contributed by atoms with E-state index in [2.05, 4.69) is 15.3 Å². The number of carbonyl (C=O) groups excluding carboxylic acids is 1. The number of aryl methyl sites for hydroxylation is 1. The Morgan fingerprint density at radius 2 is 1.95 bits per heavy atom. The van der Waals surface area contributed by atoms with E-state index < -0.39 is 23.7 Å². The first kappa shape index (κ1) is 15.9. The van der Waals surface area contributed by atoms with Gasteiger partial charge < -0.3 is 15.2 Å². The van der Waals surface area contributed by atoms with Crippen LogP contribution in [0.4, 0.5) is 4.79 Å². The van der Waals surface area contributed by atoms with Crippen molar-refractivity contribution in [2.24, 2.45) is 0 Å². The molecule has 0 radical (unpaired) electrons. The Morgan fingerprint density at radius 1 is 1.35 bits per heavy atom. The van der Waals surface area contributed by atoms with Crippen molar-refractivity contribution in [2.75, 3.05) is 0 Å². The molecule has 2 N–H and O–H groups in total. The van der Waals surface area contributed by atoms with Crippen LogP contribution in [0, 0.1) is 6.92 Å². The number of carboxylic acid groups (broad SMARTS) is 1. The van der Waals surface area contributed by atoms with Crippen LogP contribution in [0.3, 0.4) is 0 Å². The summed E-state index contributed by atoms with van der Waals surface area (Å²) in [6, 6.07) is -1.11. The van der Waals surface area contributed by atoms with Crippen molar-refractivity contribution >= 4 is 12.1 Å². The fourth-order valence-electron chi connectivity index (χ4n) is 1.48. The molecule has 0 aliphatic rings. The van der Waals surface area contributed by atoms with Crippen molar-refractivity contribution in [3.8, 4) is 0 Å². The van der Waals surface area contributed by atoms with Gasteiger partial charge in [-0.1, -0.05) is 0 Å². The van der Waals surface area contributed by atoms with Gasteiger partial charge in [-0.05, 0) is 27.7 Å². The van der Waals surface area contributed by atoms with Crippen molar-refractivity contribution in [1.29, 1.82) is 0 Å². The van der Waals surface area contributed by atoms with Crippen molar-refractivity contribution in [2.45, 2.75) is 45.8 Å². The first-order valence-electron chi connectivity index (χ1n) is 6.18. The van der Waals surface area contributed by atoms with Gasteiger partial charge in [-0.2, -0.15) is 0 Å². The fraction of sp³-hybridized carbons (Fsp3) is 0.538. The summed E-state index contributed by atoms with van der Waals surface area (Å²) in [6.45, 7) is 6.84. The molecule has 20 heavy (non-hydrogen) atoms. The van der Waals surface area contributed by atoms with E-state index in [1.54, 1.807) is 27.7 Å². The Morgan fingerprint density at radius 3 is 2.45 bits per heavy atom. The largest absolute Gasteiger partial charge is 0.480 e. The maximum atomic E-state index is 11.6. The molecule has 1 heterocycles. The van der Waals surface area contributed by atoms with E-state index in [4.69, 9.17) is 9.84 Å². The Bertz CT molecular complexity index is 497. The van der Waals surface area contributed by atoms with Crippen molar-refractivity contribution in [3.05, 3.63) is 23.8 Å². The number of hydrogen-bond donors (Lipinski definition) is 2. The highest BCUT2D eigenvalue weighted by atomic mass is 16.6. The molecule has 0 aliphatic carbocycles. The predicted octanol–water partition coefficient (Wildman–Crippen LogP) is 1.31. The summed E-state index contributed by atoms with van der Waals surface area (Å²) in [4.78, 5) is 30.9. The molecular formula is C13H19N3O4. The van der Waals surface area contributed by atoms with Crippen LogP contribution in [0.2, 0.25) is 0 Å². The van der Waals surface area contributed by atoms with E-state index in [1.165, 1.54) is 12.4 Å². The molecule has 110 valence electrons. The molecule has 1 aromatic heterocycles. The van der Waals surface area contributed by atoms with Crippen molar-refractivity contribution in [1.82, 2.24) is 15.3 Å². The summed E-state index contributed by atoms with van der Waals surface area (Å²) in [6.07, 6.45) is 2.28. The zero-order chi connectivity index (χ0) is 15.3. The molecule has 0 fully saturated rings. The monoisotopic (exact) mass is 281 g/mol. The number of carboxylic acids is 1. The van der Waals surface area contributed by atoms with Crippen LogP contribution < -0.4 is 5.32 Å². The molecule has 7 heteroatoms. The standard InChI is InChI=1S/C13H19N3O4/c1-8-9(15-6-5-14-8)7-10(11(17)18)16-12(19)20-13(2,3)4/h5-6,10H,7H2,1-4H3,(H,16,19)(H,17,18). The number of ether oxygens (including phenoxy) is 1. The number of nitrogens with one attached hydrogen (secondary N) is 1. The quantitative estimate of drug-likeness (QED) is 0.862. The van der Waals surface area contributed by atoms with Crippen LogP contribution in [0.15, 0.2) is 12.4 Å². The van der Waals surface area contributed by atoms with Gasteiger partial charge >= 0.3 is 12.1 Å². The maximum Gasteiger partial charge on any atom is 0.408 e. The molecule has 1 atom stereocenters. The van der Waals surface area contributed by atoms with E-state index in [1.807, 2.05) is 0 Å². The Balaban J connectivity index is 2.74. The molecule has 0 spiro atoms. The van der Waals surface area contributed by atoms with Crippen LogP contribution in [0.25, 0.3) is 0 Å². The number of carbonyl (C=O) groups is 2. The second-order valence-corrected chi connectivity index (χ2v) is 5.33. The molecular weight excluding hydrogens is 262 g/mol. The van der Waals surface area contributed by atoms with Crippen LogP contribution in [0.5, 0.6) is 0 Å². The second-order valence-electron chi connectivity index (χ2n) is 5.33. The molecule has 1 rings (SSSR count). The Labute approximate surface area is 117 Å². The molecule has 0 bridgehead atoms. The number of aliphatic carboxylic acids is 1. The van der Waals surface area contributed by atoms with Crippen LogP contribution >= 0.6 is 0 Å². The zero-order valence-electron chi connectivity index (χ0n) is 12.0. The summed E-state index contributed by atoms with van der Waals surface area (Å²) in [5, 5.41) is 11.5. The SMILES string of the molecule is Cc1nccnc1CC(NC(=O)OC(C)(C)C)C(=O)O. The molecule has 0 aliphatic heterocycles. The van der Waals surface area contributed by atoms with Gasteiger partial charge in [0.05, 0.1) is 11.4 Å². The van der Waals surface area contributed by atoms with Crippen LogP contribution in [-0.4, -0.2) is 38.8 Å². The summed E-state index contributed by atoms with van der Waals surface area (Å²) in [5.41, 5.74) is 0.469. The molecule has 0 saturated heterocycles. The van der Waals surface area contributed by atoms with E-state index in [9.17, 15) is 9.59 Å². The number of rotatable bonds is 4. The molecule has 1 amide bonds. The van der Waals surface area contributed by atoms with Gasteiger partial charge in [-0.15, -0.1) is 0 Å². The normalized spacial score (nSPS) is 12.6. The van der Waals surface area contributed by atoms with E-state index in [0.717, 1.165) is 0 Å². The van der Waals surface area contributed by atoms with Gasteiger partial charge in [0.2, 0.25) is 0 Å². The first-order valence-corrected chi connectivity index (χ1v) is 6.18. The highest BCUT2D eigenvalue weighted by Crippen LogP contribution is 2.08. The highest BCUT2D eigenvalue weighted by molar-refractivity contribution is 5.80. The number of hydrogen-bond acceptors (Lipinski definition) is 5. The summed E-state index contributed by atoms with van der Waals surface area (Å²) in [5.74, 6) is -1.15. The summed E-state index contributed by atoms with van der Waals surface area (Å²) < 4.78 is 5.04. The topological polar surface area (TPSA) is 101 Å². The van der Waals surface area contributed by atoms with Crippen LogP contribution in [-0.2, 0) is 16.0 Å². The Kier molecular flexibility index (Phi) is 5.01. The number of aromatic nitrogens is 2. The van der Waals surface area contributed by atoms with E-state index >= 15 is 0 Å². The lowest BCUT2D eigenvalue weighted by Crippen LogP contribution is -2.44. The number of alkyl carbamates (subject to hydrolysis) is 1. The molecule has 0 saturated carbocycles. The third-order valence-corrected chi connectivity index (χ3v) is 2.37. The van der Waals surface area contributed by atoms with Gasteiger partial charge in [0, 0.05) is 18.8 Å². The van der Waals surface area contributed by atoms with Gasteiger partial charge in [-0.3, -0.25) is 9.97 Å². The van der Waals surface area contributed by atoms with Gasteiger partial charge in [0.25, 0.3) is 0 Å². The van der Waals surface area contributed by atoms with Gasteiger partial charge in [-0.25, -0.2) is 9.59 Å². The molecule has 1 unspecified atom stereocenters. The lowest BCUT2D eigenvalue weighted by Gasteiger charge is -2.22.